The highest BCUT2D eigenvalue weighted by atomic mass is 32.1. The van der Waals surface area contributed by atoms with E-state index < -0.39 is 36.1 Å². The number of hydrogen-bond donors (Lipinski definition) is 2. The van der Waals surface area contributed by atoms with Gasteiger partial charge in [0.05, 0.1) is 22.3 Å². The molecule has 0 saturated heterocycles. The maximum atomic E-state index is 11.6. The molecule has 1 fully saturated rings. The van der Waals surface area contributed by atoms with Crippen molar-refractivity contribution in [2.75, 3.05) is 0 Å². The molecule has 10 heteroatoms. The maximum absolute atomic E-state index is 11.6. The first-order valence-corrected chi connectivity index (χ1v) is 15.5. The van der Waals surface area contributed by atoms with Crippen LogP contribution in [0, 0.1) is 21.4 Å². The van der Waals surface area contributed by atoms with Crippen LogP contribution >= 0.6 is 11.3 Å². The molecule has 8 nitrogen and oxygen atoms in total. The monoisotopic (exact) mass is 520 g/mol. The highest BCUT2D eigenvalue weighted by Crippen LogP contribution is 2.51. The molecular weight excluding hydrogens is 484 g/mol. The molecule has 0 amide bonds. The minimum Gasteiger partial charge on any atom is -0.481 e. The van der Waals surface area contributed by atoms with Gasteiger partial charge in [-0.1, -0.05) is 34.6 Å². The molecule has 2 atom stereocenters. The number of carboxylic acid groups (broad SMARTS) is 1. The molecule has 3 rings (SSSR count). The first kappa shape index (κ1) is 27.4. The lowest BCUT2D eigenvalue weighted by Crippen LogP contribution is -2.44. The molecule has 0 bridgehead atoms. The first-order chi connectivity index (χ1) is 15.9. The van der Waals surface area contributed by atoms with E-state index in [1.807, 2.05) is 19.9 Å². The summed E-state index contributed by atoms with van der Waals surface area (Å²) in [5, 5.41) is 33.1. The van der Waals surface area contributed by atoms with Crippen LogP contribution in [0.2, 0.25) is 18.1 Å². The number of thiazole rings is 1. The number of benzene rings is 1. The van der Waals surface area contributed by atoms with Gasteiger partial charge in [0.1, 0.15) is 10.6 Å². The first-order valence-electron chi connectivity index (χ1n) is 11.8. The van der Waals surface area contributed by atoms with Gasteiger partial charge < -0.3 is 14.6 Å². The maximum Gasteiger partial charge on any atom is 0.307 e. The number of rotatable bonds is 7. The van der Waals surface area contributed by atoms with Crippen LogP contribution in [-0.4, -0.2) is 34.4 Å². The summed E-state index contributed by atoms with van der Waals surface area (Å²) in [6.45, 7) is 14.7. The molecule has 1 heterocycles. The third-order valence-electron chi connectivity index (χ3n) is 7.62. The fourth-order valence-electron chi connectivity index (χ4n) is 4.49. The molecule has 1 aromatic carbocycles. The summed E-state index contributed by atoms with van der Waals surface area (Å²) in [5.41, 5.74) is -0.472. The second-order valence-electron chi connectivity index (χ2n) is 11.9. The van der Waals surface area contributed by atoms with E-state index in [9.17, 15) is 25.1 Å². The van der Waals surface area contributed by atoms with Crippen LogP contribution in [0.4, 0.5) is 5.69 Å². The van der Waals surface area contributed by atoms with Gasteiger partial charge in [-0.25, -0.2) is 4.98 Å². The number of carboxylic acids is 1. The van der Waals surface area contributed by atoms with E-state index >= 15 is 0 Å². The molecule has 1 aliphatic rings. The lowest BCUT2D eigenvalue weighted by Gasteiger charge is -2.44. The smallest absolute Gasteiger partial charge is 0.307 e. The van der Waals surface area contributed by atoms with Crippen LogP contribution in [0.3, 0.4) is 0 Å². The third-order valence-corrected chi connectivity index (χ3v) is 13.3. The number of aromatic nitrogens is 1. The third kappa shape index (κ3) is 5.82. The average molecular weight is 521 g/mol. The molecule has 2 N–H and O–H groups in total. The average Bonchev–Trinajstić information content (AvgIpc) is 3.21. The quantitative estimate of drug-likeness (QED) is 0.248. The fourth-order valence-corrected chi connectivity index (χ4v) is 6.47. The van der Waals surface area contributed by atoms with Crippen LogP contribution in [-0.2, 0) is 21.4 Å². The molecule has 1 aromatic heterocycles. The summed E-state index contributed by atoms with van der Waals surface area (Å²) in [6.07, 6.45) is 2.58. The van der Waals surface area contributed by atoms with Gasteiger partial charge in [-0.15, -0.1) is 11.3 Å². The van der Waals surface area contributed by atoms with Gasteiger partial charge in [0.25, 0.3) is 5.69 Å². The molecule has 35 heavy (non-hydrogen) atoms. The second-order valence-corrected chi connectivity index (χ2v) is 17.7. The number of carbonyl (C=O) groups is 1. The van der Waals surface area contributed by atoms with Crippen LogP contribution in [0.1, 0.15) is 64.5 Å². The Bertz CT molecular complexity index is 1120. The number of nitro groups is 1. The van der Waals surface area contributed by atoms with Crippen molar-refractivity contribution in [3.05, 3.63) is 45.1 Å². The van der Waals surface area contributed by atoms with Crippen molar-refractivity contribution in [2.45, 2.75) is 84.2 Å². The van der Waals surface area contributed by atoms with Gasteiger partial charge >= 0.3 is 5.97 Å². The van der Waals surface area contributed by atoms with E-state index in [1.54, 1.807) is 12.3 Å². The molecule has 1 saturated carbocycles. The summed E-state index contributed by atoms with van der Waals surface area (Å²) in [7, 11) is -2.04. The number of aliphatic carboxylic acids is 1. The van der Waals surface area contributed by atoms with Gasteiger partial charge in [-0.3, -0.25) is 14.9 Å². The van der Waals surface area contributed by atoms with Crippen molar-refractivity contribution < 1.29 is 24.4 Å². The Balaban J connectivity index is 1.90. The lowest BCUT2D eigenvalue weighted by atomic mass is 9.63. The van der Waals surface area contributed by atoms with Crippen molar-refractivity contribution >= 4 is 31.3 Å². The van der Waals surface area contributed by atoms with Crippen LogP contribution in [0.15, 0.2) is 24.4 Å². The van der Waals surface area contributed by atoms with E-state index in [1.165, 1.54) is 17.4 Å². The second kappa shape index (κ2) is 9.38. The van der Waals surface area contributed by atoms with E-state index in [4.69, 9.17) is 4.43 Å². The van der Waals surface area contributed by atoms with Crippen LogP contribution < -0.4 is 0 Å². The number of aliphatic hydroxyl groups is 1. The molecule has 192 valence electrons. The Morgan fingerprint density at radius 3 is 2.51 bits per heavy atom. The minimum atomic E-state index is -2.04. The zero-order valence-corrected chi connectivity index (χ0v) is 23.4. The Morgan fingerprint density at radius 1 is 1.31 bits per heavy atom. The molecule has 2 aromatic rings. The zero-order valence-electron chi connectivity index (χ0n) is 21.5. The zero-order chi connectivity index (χ0) is 26.4. The topological polar surface area (TPSA) is 123 Å². The van der Waals surface area contributed by atoms with Crippen LogP contribution in [0.25, 0.3) is 10.4 Å². The van der Waals surface area contributed by atoms with Crippen LogP contribution in [0.5, 0.6) is 0 Å². The Hall–Kier alpha value is -2.14. The number of nitrogens with zero attached hydrogens (tertiary/aromatic N) is 2. The largest absolute Gasteiger partial charge is 0.481 e. The predicted octanol–water partition coefficient (Wildman–Crippen LogP) is 6.34. The van der Waals surface area contributed by atoms with Crippen molar-refractivity contribution in [3.8, 4) is 10.4 Å². The molecule has 0 radical (unpaired) electrons. The molecule has 0 spiro atoms. The summed E-state index contributed by atoms with van der Waals surface area (Å²) in [5.74, 6) is -1.37. The summed E-state index contributed by atoms with van der Waals surface area (Å²) in [6, 6.07) is 4.94. The van der Waals surface area contributed by atoms with Crippen molar-refractivity contribution in [1.82, 2.24) is 4.98 Å². The summed E-state index contributed by atoms with van der Waals surface area (Å²) < 4.78 is 6.29. The summed E-state index contributed by atoms with van der Waals surface area (Å²) >= 11 is 1.30. The van der Waals surface area contributed by atoms with Gasteiger partial charge in [0.2, 0.25) is 0 Å². The fraction of sp³-hybridized carbons (Fsp3) is 0.600. The number of hydrogen-bond acceptors (Lipinski definition) is 7. The predicted molar refractivity (Wildman–Crippen MR) is 139 cm³/mol. The van der Waals surface area contributed by atoms with E-state index in [0.717, 1.165) is 5.56 Å². The molecular formula is C25H36N2O6SSi. The van der Waals surface area contributed by atoms with E-state index in [0.29, 0.717) is 28.3 Å². The standard InChI is InChI=1S/C25H36N2O6SSi/c1-23(2,3)35(6,7)33-14-16-10-17(12-18(11-16)27(31)32)20-13-26-22(34-20)25(30)9-8-19(21(28)29)24(4,5)15-25/h10-13,19,30H,8-9,14-15H2,1-7H3,(H,28,29)/t19-,25-/m1/s1. The van der Waals surface area contributed by atoms with Gasteiger partial charge in [-0.05, 0) is 54.4 Å². The van der Waals surface area contributed by atoms with Crippen molar-refractivity contribution in [2.24, 2.45) is 11.3 Å². The van der Waals surface area contributed by atoms with E-state index in [-0.39, 0.29) is 23.8 Å². The molecule has 0 aliphatic heterocycles. The van der Waals surface area contributed by atoms with Gasteiger partial charge in [-0.2, -0.15) is 0 Å². The Morgan fingerprint density at radius 2 is 1.97 bits per heavy atom. The molecule has 0 unspecified atom stereocenters. The molecule has 1 aliphatic carbocycles. The summed E-state index contributed by atoms with van der Waals surface area (Å²) in [4.78, 5) is 28.0. The Kier molecular flexibility index (Phi) is 7.36. The number of non-ortho nitro benzene ring substituents is 1. The van der Waals surface area contributed by atoms with Crippen molar-refractivity contribution in [3.63, 3.8) is 0 Å². The highest BCUT2D eigenvalue weighted by Gasteiger charge is 2.49. The van der Waals surface area contributed by atoms with Crippen molar-refractivity contribution in [1.29, 1.82) is 0 Å². The van der Waals surface area contributed by atoms with Gasteiger partial charge in [0, 0.05) is 23.9 Å². The lowest BCUT2D eigenvalue weighted by molar-refractivity contribution is -0.384. The minimum absolute atomic E-state index is 0.0198. The normalized spacial score (nSPS) is 22.7. The SMILES string of the molecule is CC1(C)C[C@@](O)(c2ncc(-c3cc(CO[Si](C)(C)C(C)(C)C)cc([N+](=O)[O-])c3)s2)CC[C@@H]1C(=O)O. The highest BCUT2D eigenvalue weighted by molar-refractivity contribution is 7.15. The Labute approximate surface area is 211 Å². The van der Waals surface area contributed by atoms with E-state index in [2.05, 4.69) is 38.8 Å². The number of nitro benzene ring substituents is 1. The van der Waals surface area contributed by atoms with Gasteiger partial charge in [0.15, 0.2) is 8.32 Å².